The zero-order valence-corrected chi connectivity index (χ0v) is 13.7. The average molecular weight is 367 g/mol. The lowest BCUT2D eigenvalue weighted by atomic mass is 10.2. The minimum Gasteiger partial charge on any atom is -0.490 e. The second-order valence-corrected chi connectivity index (χ2v) is 5.63. The van der Waals surface area contributed by atoms with Crippen LogP contribution < -0.4 is 9.47 Å². The summed E-state index contributed by atoms with van der Waals surface area (Å²) in [5.74, 6) is 1.31. The number of rotatable bonds is 5. The average Bonchev–Trinajstić information content (AvgIpc) is 2.46. The monoisotopic (exact) mass is 365 g/mol. The van der Waals surface area contributed by atoms with Gasteiger partial charge in [0.2, 0.25) is 0 Å². The summed E-state index contributed by atoms with van der Waals surface area (Å²) in [5.41, 5.74) is 1.47. The van der Waals surface area contributed by atoms with Gasteiger partial charge in [-0.25, -0.2) is 0 Å². The van der Waals surface area contributed by atoms with Crippen LogP contribution in [0.1, 0.15) is 11.1 Å². The standard InChI is InChI=1S/C16H13BrClNO2/c1-11-4-2-3-5-15(11)20-6-7-21-16-12(10-19)8-13(18)9-14(16)17/h2-5,8-9H,6-7H2,1H3. The molecule has 108 valence electrons. The first-order valence-electron chi connectivity index (χ1n) is 6.32. The van der Waals surface area contributed by atoms with Gasteiger partial charge in [-0.15, -0.1) is 0 Å². The lowest BCUT2D eigenvalue weighted by Gasteiger charge is -2.12. The van der Waals surface area contributed by atoms with Crippen molar-refractivity contribution < 1.29 is 9.47 Å². The third-order valence-electron chi connectivity index (χ3n) is 2.81. The molecule has 3 nitrogen and oxygen atoms in total. The van der Waals surface area contributed by atoms with Crippen LogP contribution in [0.15, 0.2) is 40.9 Å². The highest BCUT2D eigenvalue weighted by Gasteiger charge is 2.10. The van der Waals surface area contributed by atoms with Crippen molar-refractivity contribution in [1.82, 2.24) is 0 Å². The molecular formula is C16H13BrClNO2. The van der Waals surface area contributed by atoms with Crippen molar-refractivity contribution in [3.05, 3.63) is 57.0 Å². The fourth-order valence-corrected chi connectivity index (χ4v) is 2.73. The van der Waals surface area contributed by atoms with E-state index >= 15 is 0 Å². The van der Waals surface area contributed by atoms with Crippen LogP contribution in [0, 0.1) is 18.3 Å². The fourth-order valence-electron chi connectivity index (χ4n) is 1.80. The first kappa shape index (κ1) is 15.7. The maximum atomic E-state index is 9.10. The van der Waals surface area contributed by atoms with E-state index in [9.17, 15) is 0 Å². The molecule has 0 aromatic heterocycles. The highest BCUT2D eigenvalue weighted by molar-refractivity contribution is 9.10. The smallest absolute Gasteiger partial charge is 0.151 e. The zero-order chi connectivity index (χ0) is 15.2. The molecule has 0 N–H and O–H groups in total. The molecule has 0 aliphatic heterocycles. The Morgan fingerprint density at radius 2 is 1.90 bits per heavy atom. The number of halogens is 2. The summed E-state index contributed by atoms with van der Waals surface area (Å²) in [6.07, 6.45) is 0. The van der Waals surface area contributed by atoms with Crippen molar-refractivity contribution in [2.24, 2.45) is 0 Å². The maximum absolute atomic E-state index is 9.10. The van der Waals surface area contributed by atoms with Crippen LogP contribution >= 0.6 is 27.5 Å². The van der Waals surface area contributed by atoms with Crippen LogP contribution in [0.2, 0.25) is 5.02 Å². The topological polar surface area (TPSA) is 42.2 Å². The molecule has 0 saturated carbocycles. The Kier molecular flexibility index (Phi) is 5.49. The lowest BCUT2D eigenvalue weighted by molar-refractivity contribution is 0.215. The molecule has 0 fully saturated rings. The summed E-state index contributed by atoms with van der Waals surface area (Å²) in [5, 5.41) is 9.59. The minimum absolute atomic E-state index is 0.337. The quantitative estimate of drug-likeness (QED) is 0.718. The van der Waals surface area contributed by atoms with Crippen molar-refractivity contribution >= 4 is 27.5 Å². The highest BCUT2D eigenvalue weighted by atomic mass is 79.9. The van der Waals surface area contributed by atoms with Crippen LogP contribution in [-0.2, 0) is 0 Å². The van der Waals surface area contributed by atoms with Crippen molar-refractivity contribution in [3.8, 4) is 17.6 Å². The van der Waals surface area contributed by atoms with E-state index in [1.54, 1.807) is 12.1 Å². The van der Waals surface area contributed by atoms with Crippen LogP contribution in [-0.4, -0.2) is 13.2 Å². The summed E-state index contributed by atoms with van der Waals surface area (Å²) in [4.78, 5) is 0. The molecule has 0 saturated heterocycles. The summed E-state index contributed by atoms with van der Waals surface area (Å²) in [6.45, 7) is 2.72. The molecule has 2 rings (SSSR count). The number of benzene rings is 2. The number of ether oxygens (including phenoxy) is 2. The second kappa shape index (κ2) is 7.35. The number of para-hydroxylation sites is 1. The molecular weight excluding hydrogens is 354 g/mol. The first-order valence-corrected chi connectivity index (χ1v) is 7.49. The number of nitrogens with zero attached hydrogens (tertiary/aromatic N) is 1. The van der Waals surface area contributed by atoms with Gasteiger partial charge >= 0.3 is 0 Å². The Balaban J connectivity index is 1.96. The molecule has 21 heavy (non-hydrogen) atoms. The van der Waals surface area contributed by atoms with E-state index in [2.05, 4.69) is 22.0 Å². The van der Waals surface area contributed by atoms with Gasteiger partial charge in [-0.1, -0.05) is 29.8 Å². The number of aryl methyl sites for hydroxylation is 1. The molecule has 0 atom stereocenters. The molecule has 2 aromatic rings. The molecule has 0 spiro atoms. The Morgan fingerprint density at radius 1 is 1.19 bits per heavy atom. The van der Waals surface area contributed by atoms with E-state index in [4.69, 9.17) is 26.3 Å². The Morgan fingerprint density at radius 3 is 2.62 bits per heavy atom. The van der Waals surface area contributed by atoms with Crippen LogP contribution in [0.3, 0.4) is 0 Å². The molecule has 0 radical (unpaired) electrons. The molecule has 0 unspecified atom stereocenters. The molecule has 2 aromatic carbocycles. The maximum Gasteiger partial charge on any atom is 0.151 e. The molecule has 0 aliphatic rings. The SMILES string of the molecule is Cc1ccccc1OCCOc1c(Br)cc(Cl)cc1C#N. The number of hydrogen-bond donors (Lipinski definition) is 0. The minimum atomic E-state index is 0.337. The molecule has 0 bridgehead atoms. The van der Waals surface area contributed by atoms with Gasteiger partial charge in [0.05, 0.1) is 10.0 Å². The fraction of sp³-hybridized carbons (Fsp3) is 0.188. The highest BCUT2D eigenvalue weighted by Crippen LogP contribution is 2.32. The zero-order valence-electron chi connectivity index (χ0n) is 11.4. The molecule has 0 amide bonds. The van der Waals surface area contributed by atoms with E-state index in [0.717, 1.165) is 11.3 Å². The largest absolute Gasteiger partial charge is 0.490 e. The van der Waals surface area contributed by atoms with Crippen molar-refractivity contribution in [3.63, 3.8) is 0 Å². The summed E-state index contributed by atoms with van der Waals surface area (Å²) >= 11 is 9.24. The van der Waals surface area contributed by atoms with Gasteiger partial charge in [0.25, 0.3) is 0 Å². The van der Waals surface area contributed by atoms with Gasteiger partial charge in [0, 0.05) is 5.02 Å². The van der Waals surface area contributed by atoms with Gasteiger partial charge in [-0.05, 0) is 46.6 Å². The van der Waals surface area contributed by atoms with Gasteiger partial charge in [0.1, 0.15) is 25.0 Å². The lowest BCUT2D eigenvalue weighted by Crippen LogP contribution is -2.10. The van der Waals surface area contributed by atoms with E-state index in [0.29, 0.717) is 34.0 Å². The van der Waals surface area contributed by atoms with Crippen molar-refractivity contribution in [2.45, 2.75) is 6.92 Å². The Hall–Kier alpha value is -1.70. The number of hydrogen-bond acceptors (Lipinski definition) is 3. The van der Waals surface area contributed by atoms with Crippen LogP contribution in [0.5, 0.6) is 11.5 Å². The predicted molar refractivity (Wildman–Crippen MR) is 86.0 cm³/mol. The molecule has 0 heterocycles. The molecule has 0 aliphatic carbocycles. The van der Waals surface area contributed by atoms with Gasteiger partial charge in [-0.3, -0.25) is 0 Å². The normalized spacial score (nSPS) is 10.0. The van der Waals surface area contributed by atoms with Crippen LogP contribution in [0.25, 0.3) is 0 Å². The third-order valence-corrected chi connectivity index (χ3v) is 3.62. The summed E-state index contributed by atoms with van der Waals surface area (Å²) in [6, 6.07) is 13.1. The second-order valence-electron chi connectivity index (χ2n) is 4.34. The summed E-state index contributed by atoms with van der Waals surface area (Å²) < 4.78 is 11.9. The Bertz CT molecular complexity index is 682. The van der Waals surface area contributed by atoms with E-state index in [1.165, 1.54) is 0 Å². The number of nitriles is 1. The molecule has 5 heteroatoms. The van der Waals surface area contributed by atoms with Gasteiger partial charge < -0.3 is 9.47 Å². The van der Waals surface area contributed by atoms with Crippen molar-refractivity contribution in [1.29, 1.82) is 5.26 Å². The van der Waals surface area contributed by atoms with E-state index < -0.39 is 0 Å². The third kappa shape index (κ3) is 4.13. The van der Waals surface area contributed by atoms with E-state index in [-0.39, 0.29) is 0 Å². The van der Waals surface area contributed by atoms with Gasteiger partial charge in [0.15, 0.2) is 5.75 Å². The van der Waals surface area contributed by atoms with E-state index in [1.807, 2.05) is 31.2 Å². The van der Waals surface area contributed by atoms with Crippen LogP contribution in [0.4, 0.5) is 0 Å². The first-order chi connectivity index (χ1) is 10.1. The van der Waals surface area contributed by atoms with Gasteiger partial charge in [-0.2, -0.15) is 5.26 Å². The summed E-state index contributed by atoms with van der Waals surface area (Å²) in [7, 11) is 0. The Labute approximate surface area is 137 Å². The van der Waals surface area contributed by atoms with Crippen molar-refractivity contribution in [2.75, 3.05) is 13.2 Å². The predicted octanol–water partition coefficient (Wildman–Crippen LogP) is 4.74.